The molecule has 4 nitrogen and oxygen atoms in total. The van der Waals surface area contributed by atoms with Gasteiger partial charge in [0, 0.05) is 35.7 Å². The molecule has 0 aliphatic heterocycles. The lowest BCUT2D eigenvalue weighted by molar-refractivity contribution is 1.23. The number of aromatic nitrogens is 3. The van der Waals surface area contributed by atoms with E-state index in [4.69, 9.17) is 0 Å². The van der Waals surface area contributed by atoms with Crippen LogP contribution in [0.3, 0.4) is 0 Å². The lowest BCUT2D eigenvalue weighted by Gasteiger charge is -2.09. The van der Waals surface area contributed by atoms with Crippen LogP contribution in [0.15, 0.2) is 59.5 Å². The number of nitrogens with one attached hydrogen (secondary N) is 1. The maximum atomic E-state index is 4.56. The Morgan fingerprint density at radius 2 is 1.90 bits per heavy atom. The minimum absolute atomic E-state index is 0.799. The molecule has 0 atom stereocenters. The van der Waals surface area contributed by atoms with Gasteiger partial charge in [0.15, 0.2) is 0 Å². The lowest BCUT2D eigenvalue weighted by atomic mass is 10.1. The molecular formula is C16H13BrN4. The molecule has 104 valence electrons. The van der Waals surface area contributed by atoms with Gasteiger partial charge in [-0.25, -0.2) is 4.98 Å². The molecule has 3 aromatic heterocycles. The van der Waals surface area contributed by atoms with Crippen LogP contribution < -0.4 is 5.32 Å². The predicted molar refractivity (Wildman–Crippen MR) is 87.9 cm³/mol. The van der Waals surface area contributed by atoms with Gasteiger partial charge in [-0.1, -0.05) is 6.07 Å². The van der Waals surface area contributed by atoms with Crippen molar-refractivity contribution in [3.8, 4) is 22.5 Å². The summed E-state index contributed by atoms with van der Waals surface area (Å²) in [6.45, 7) is 0. The van der Waals surface area contributed by atoms with Crippen molar-refractivity contribution >= 4 is 21.7 Å². The van der Waals surface area contributed by atoms with Crippen molar-refractivity contribution in [1.82, 2.24) is 15.0 Å². The highest BCUT2D eigenvalue weighted by Crippen LogP contribution is 2.27. The third kappa shape index (κ3) is 3.08. The Bertz CT molecular complexity index is 759. The van der Waals surface area contributed by atoms with Crippen LogP contribution in [-0.2, 0) is 0 Å². The molecule has 0 fully saturated rings. The van der Waals surface area contributed by atoms with Gasteiger partial charge >= 0.3 is 0 Å². The molecule has 0 spiro atoms. The molecule has 3 rings (SSSR count). The topological polar surface area (TPSA) is 50.7 Å². The summed E-state index contributed by atoms with van der Waals surface area (Å²) in [7, 11) is 1.85. The van der Waals surface area contributed by atoms with E-state index in [0.717, 1.165) is 32.8 Å². The molecule has 0 aliphatic carbocycles. The van der Waals surface area contributed by atoms with Gasteiger partial charge in [-0.3, -0.25) is 9.97 Å². The number of anilines is 1. The molecule has 0 saturated carbocycles. The van der Waals surface area contributed by atoms with E-state index in [1.165, 1.54) is 0 Å². The maximum absolute atomic E-state index is 4.56. The number of hydrogen-bond acceptors (Lipinski definition) is 4. The first-order valence-electron chi connectivity index (χ1n) is 6.48. The van der Waals surface area contributed by atoms with E-state index in [0.29, 0.717) is 0 Å². The zero-order valence-corrected chi connectivity index (χ0v) is 13.0. The second-order valence-electron chi connectivity index (χ2n) is 4.48. The Balaban J connectivity index is 2.14. The molecule has 1 N–H and O–H groups in total. The highest BCUT2D eigenvalue weighted by molar-refractivity contribution is 9.10. The van der Waals surface area contributed by atoms with Crippen LogP contribution in [0.4, 0.5) is 5.82 Å². The standard InChI is InChI=1S/C16H13BrN4/c1-18-16-8-11(12-6-13(17)10-19-9-12)7-15(21-16)14-4-2-3-5-20-14/h2-10H,1H3,(H,18,21). The van der Waals surface area contributed by atoms with Crippen molar-refractivity contribution in [2.75, 3.05) is 12.4 Å². The van der Waals surface area contributed by atoms with Gasteiger partial charge in [-0.2, -0.15) is 0 Å². The van der Waals surface area contributed by atoms with Gasteiger partial charge in [0.25, 0.3) is 0 Å². The van der Waals surface area contributed by atoms with E-state index in [9.17, 15) is 0 Å². The Morgan fingerprint density at radius 3 is 2.62 bits per heavy atom. The van der Waals surface area contributed by atoms with Gasteiger partial charge < -0.3 is 5.32 Å². The van der Waals surface area contributed by atoms with Crippen LogP contribution in [0.25, 0.3) is 22.5 Å². The summed E-state index contributed by atoms with van der Waals surface area (Å²) in [5.74, 6) is 0.799. The molecule has 0 bridgehead atoms. The second kappa shape index (κ2) is 6.01. The Hall–Kier alpha value is -2.27. The van der Waals surface area contributed by atoms with Crippen molar-refractivity contribution in [3.05, 3.63) is 59.5 Å². The third-order valence-electron chi connectivity index (χ3n) is 3.05. The smallest absolute Gasteiger partial charge is 0.127 e. The molecule has 3 aromatic rings. The quantitative estimate of drug-likeness (QED) is 0.782. The summed E-state index contributed by atoms with van der Waals surface area (Å²) in [4.78, 5) is 13.1. The molecule has 5 heteroatoms. The minimum atomic E-state index is 0.799. The fourth-order valence-electron chi connectivity index (χ4n) is 2.04. The normalized spacial score (nSPS) is 10.4. The fraction of sp³-hybridized carbons (Fsp3) is 0.0625. The zero-order valence-electron chi connectivity index (χ0n) is 11.4. The number of hydrogen-bond donors (Lipinski definition) is 1. The van der Waals surface area contributed by atoms with Gasteiger partial charge in [0.1, 0.15) is 5.82 Å². The average Bonchev–Trinajstić information content (AvgIpc) is 2.55. The van der Waals surface area contributed by atoms with E-state index in [-0.39, 0.29) is 0 Å². The number of pyridine rings is 3. The number of nitrogens with zero attached hydrogens (tertiary/aromatic N) is 3. The van der Waals surface area contributed by atoms with Crippen LogP contribution >= 0.6 is 15.9 Å². The zero-order chi connectivity index (χ0) is 14.7. The van der Waals surface area contributed by atoms with E-state index in [1.807, 2.05) is 49.6 Å². The maximum Gasteiger partial charge on any atom is 0.127 e. The summed E-state index contributed by atoms with van der Waals surface area (Å²) < 4.78 is 0.946. The third-order valence-corrected chi connectivity index (χ3v) is 3.48. The van der Waals surface area contributed by atoms with Crippen LogP contribution in [0.1, 0.15) is 0 Å². The van der Waals surface area contributed by atoms with Crippen LogP contribution in [0.2, 0.25) is 0 Å². The van der Waals surface area contributed by atoms with Gasteiger partial charge in [0.2, 0.25) is 0 Å². The lowest BCUT2D eigenvalue weighted by Crippen LogP contribution is -1.96. The van der Waals surface area contributed by atoms with Crippen molar-refractivity contribution < 1.29 is 0 Å². The fourth-order valence-corrected chi connectivity index (χ4v) is 2.41. The van der Waals surface area contributed by atoms with E-state index in [2.05, 4.69) is 36.2 Å². The molecule has 3 heterocycles. The van der Waals surface area contributed by atoms with Crippen molar-refractivity contribution in [2.45, 2.75) is 0 Å². The molecule has 0 amide bonds. The van der Waals surface area contributed by atoms with Crippen molar-refractivity contribution in [2.24, 2.45) is 0 Å². The van der Waals surface area contributed by atoms with E-state index >= 15 is 0 Å². The first-order chi connectivity index (χ1) is 10.3. The first kappa shape index (κ1) is 13.7. The Labute approximate surface area is 131 Å². The van der Waals surface area contributed by atoms with E-state index in [1.54, 1.807) is 12.4 Å². The molecule has 0 aromatic carbocycles. The Kier molecular flexibility index (Phi) is 3.92. The van der Waals surface area contributed by atoms with Gasteiger partial charge in [-0.15, -0.1) is 0 Å². The van der Waals surface area contributed by atoms with E-state index < -0.39 is 0 Å². The molecule has 0 unspecified atom stereocenters. The summed E-state index contributed by atoms with van der Waals surface area (Å²) in [5.41, 5.74) is 3.75. The first-order valence-corrected chi connectivity index (χ1v) is 7.28. The highest BCUT2D eigenvalue weighted by atomic mass is 79.9. The second-order valence-corrected chi connectivity index (χ2v) is 5.40. The summed E-state index contributed by atoms with van der Waals surface area (Å²) in [6.07, 6.45) is 5.37. The molecule has 21 heavy (non-hydrogen) atoms. The molecule has 0 saturated heterocycles. The van der Waals surface area contributed by atoms with Crippen LogP contribution in [-0.4, -0.2) is 22.0 Å². The summed E-state index contributed by atoms with van der Waals surface area (Å²) in [6, 6.07) is 11.8. The SMILES string of the molecule is CNc1cc(-c2cncc(Br)c2)cc(-c2ccccn2)n1. The largest absolute Gasteiger partial charge is 0.373 e. The summed E-state index contributed by atoms with van der Waals surface area (Å²) in [5, 5.41) is 3.09. The molecule has 0 radical (unpaired) electrons. The highest BCUT2D eigenvalue weighted by Gasteiger charge is 2.07. The average molecular weight is 341 g/mol. The monoisotopic (exact) mass is 340 g/mol. The Morgan fingerprint density at radius 1 is 1.00 bits per heavy atom. The minimum Gasteiger partial charge on any atom is -0.373 e. The van der Waals surface area contributed by atoms with Crippen LogP contribution in [0.5, 0.6) is 0 Å². The number of halogens is 1. The molecule has 0 aliphatic rings. The molecular weight excluding hydrogens is 328 g/mol. The van der Waals surface area contributed by atoms with Gasteiger partial charge in [-0.05, 0) is 51.8 Å². The number of rotatable bonds is 3. The van der Waals surface area contributed by atoms with Crippen molar-refractivity contribution in [1.29, 1.82) is 0 Å². The predicted octanol–water partition coefficient (Wildman–Crippen LogP) is 4.01. The van der Waals surface area contributed by atoms with Crippen LogP contribution in [0, 0.1) is 0 Å². The summed E-state index contributed by atoms with van der Waals surface area (Å²) >= 11 is 3.45. The van der Waals surface area contributed by atoms with Gasteiger partial charge in [0.05, 0.1) is 11.4 Å². The van der Waals surface area contributed by atoms with Crippen molar-refractivity contribution in [3.63, 3.8) is 0 Å².